The van der Waals surface area contributed by atoms with Gasteiger partial charge in [-0.05, 0) is 31.3 Å². The van der Waals surface area contributed by atoms with Crippen LogP contribution >= 0.6 is 10.0 Å². The molecule has 0 saturated heterocycles. The fourth-order valence-corrected chi connectivity index (χ4v) is 2.68. The highest BCUT2D eigenvalue weighted by molar-refractivity contribution is 8.32. The maximum atomic E-state index is 5.79. The summed E-state index contributed by atoms with van der Waals surface area (Å²) in [6.45, 7) is 5.65. The van der Waals surface area contributed by atoms with E-state index in [2.05, 4.69) is 35.5 Å². The second-order valence-corrected chi connectivity index (χ2v) is 9.80. The molecule has 0 radical (unpaired) electrons. The lowest BCUT2D eigenvalue weighted by molar-refractivity contribution is 0.0923. The van der Waals surface area contributed by atoms with Crippen LogP contribution in [0.25, 0.3) is 11.0 Å². The summed E-state index contributed by atoms with van der Waals surface area (Å²) in [7, 11) is -0.470. The average molecular weight is 281 g/mol. The number of nitrogens with zero attached hydrogens (tertiary/aromatic N) is 3. The highest BCUT2D eigenvalue weighted by atomic mass is 32.3. The van der Waals surface area contributed by atoms with Gasteiger partial charge in [0.05, 0.1) is 12.3 Å². The van der Waals surface area contributed by atoms with Crippen molar-refractivity contribution in [3.05, 3.63) is 24.3 Å². The highest BCUT2D eigenvalue weighted by Crippen LogP contribution is 2.38. The molecule has 2 aromatic heterocycles. The molecule has 5 heteroatoms. The first-order valence-corrected chi connectivity index (χ1v) is 9.35. The molecular weight excluding hydrogens is 258 g/mol. The minimum absolute atomic E-state index is 0.470. The van der Waals surface area contributed by atoms with E-state index in [0.717, 1.165) is 29.1 Å². The molecule has 0 aliphatic rings. The van der Waals surface area contributed by atoms with Crippen molar-refractivity contribution in [3.8, 4) is 0 Å². The summed E-state index contributed by atoms with van der Waals surface area (Å²) in [4.78, 5) is 8.52. The van der Waals surface area contributed by atoms with E-state index < -0.39 is 10.0 Å². The zero-order valence-electron chi connectivity index (χ0n) is 12.2. The molecule has 2 heterocycles. The first-order chi connectivity index (χ1) is 9.03. The van der Waals surface area contributed by atoms with Crippen LogP contribution in [0.15, 0.2) is 18.6 Å². The first kappa shape index (κ1) is 14.3. The van der Waals surface area contributed by atoms with E-state index >= 15 is 0 Å². The molecule has 19 heavy (non-hydrogen) atoms. The van der Waals surface area contributed by atoms with Gasteiger partial charge in [-0.25, -0.2) is 20.0 Å². The predicted octanol–water partition coefficient (Wildman–Crippen LogP) is 2.80. The van der Waals surface area contributed by atoms with Gasteiger partial charge in [0.1, 0.15) is 18.7 Å². The van der Waals surface area contributed by atoms with E-state index in [1.54, 1.807) is 6.33 Å². The van der Waals surface area contributed by atoms with Gasteiger partial charge in [-0.3, -0.25) is 0 Å². The predicted molar refractivity (Wildman–Crippen MR) is 83.1 cm³/mol. The van der Waals surface area contributed by atoms with Crippen LogP contribution in [-0.4, -0.2) is 45.2 Å². The second kappa shape index (κ2) is 5.92. The zero-order chi connectivity index (χ0) is 13.9. The van der Waals surface area contributed by atoms with E-state index in [0.29, 0.717) is 6.73 Å². The number of aromatic nitrogens is 3. The summed E-state index contributed by atoms with van der Waals surface area (Å²) in [5.74, 6) is 2.42. The maximum absolute atomic E-state index is 5.79. The van der Waals surface area contributed by atoms with Crippen LogP contribution < -0.4 is 0 Å². The van der Waals surface area contributed by atoms with Crippen molar-refractivity contribution in [2.24, 2.45) is 0 Å². The zero-order valence-corrected chi connectivity index (χ0v) is 13.0. The second-order valence-electron chi connectivity index (χ2n) is 5.28. The van der Waals surface area contributed by atoms with Crippen LogP contribution in [0.4, 0.5) is 0 Å². The van der Waals surface area contributed by atoms with Crippen molar-refractivity contribution in [1.29, 1.82) is 0 Å². The Morgan fingerprint density at radius 1 is 1.32 bits per heavy atom. The molecule has 0 atom stereocenters. The molecule has 0 aliphatic heterocycles. The minimum Gasteiger partial charge on any atom is -0.360 e. The van der Waals surface area contributed by atoms with Crippen LogP contribution in [0.3, 0.4) is 0 Å². The molecule has 0 aromatic carbocycles. The topological polar surface area (TPSA) is 39.9 Å². The summed E-state index contributed by atoms with van der Waals surface area (Å²) in [5.41, 5.74) is 1.97. The van der Waals surface area contributed by atoms with E-state index in [1.165, 1.54) is 5.75 Å². The van der Waals surface area contributed by atoms with Gasteiger partial charge in [0.15, 0.2) is 0 Å². The summed E-state index contributed by atoms with van der Waals surface area (Å²) in [5, 5.41) is 1.10. The lowest BCUT2D eigenvalue weighted by Gasteiger charge is -2.29. The molecule has 106 valence electrons. The van der Waals surface area contributed by atoms with Crippen LogP contribution in [-0.2, 0) is 11.5 Å². The Kier molecular flexibility index (Phi) is 4.47. The molecular formula is C14H23N3OS. The van der Waals surface area contributed by atoms with Crippen molar-refractivity contribution < 1.29 is 4.74 Å². The van der Waals surface area contributed by atoms with Crippen molar-refractivity contribution >= 4 is 21.1 Å². The number of aryl methyl sites for hydroxylation is 1. The largest absolute Gasteiger partial charge is 0.360 e. The summed E-state index contributed by atoms with van der Waals surface area (Å²) >= 11 is 0. The van der Waals surface area contributed by atoms with Crippen LogP contribution in [0.1, 0.15) is 12.6 Å². The van der Waals surface area contributed by atoms with E-state index in [9.17, 15) is 0 Å². The Labute approximate surface area is 116 Å². The standard InChI is InChI=1S/C14H23N3OS/c1-5-19(3,4)9-8-18-11-17-7-6-13-12(2)15-10-16-14(13)17/h6-7,10H,5,8-9,11H2,1-4H3. The van der Waals surface area contributed by atoms with E-state index in [-0.39, 0.29) is 0 Å². The highest BCUT2D eigenvalue weighted by Gasteiger charge is 2.09. The number of hydrogen-bond donors (Lipinski definition) is 0. The Balaban J connectivity index is 1.94. The van der Waals surface area contributed by atoms with Crippen molar-refractivity contribution in [2.45, 2.75) is 20.6 Å². The van der Waals surface area contributed by atoms with Crippen molar-refractivity contribution in [1.82, 2.24) is 14.5 Å². The van der Waals surface area contributed by atoms with Gasteiger partial charge in [-0.2, -0.15) is 0 Å². The Morgan fingerprint density at radius 2 is 2.11 bits per heavy atom. The summed E-state index contributed by atoms with van der Waals surface area (Å²) < 4.78 is 7.83. The summed E-state index contributed by atoms with van der Waals surface area (Å²) in [6.07, 6.45) is 8.35. The summed E-state index contributed by atoms with van der Waals surface area (Å²) in [6, 6.07) is 2.05. The molecule has 0 amide bonds. The molecule has 0 N–H and O–H groups in total. The average Bonchev–Trinajstić information content (AvgIpc) is 2.80. The van der Waals surface area contributed by atoms with Gasteiger partial charge in [0, 0.05) is 17.3 Å². The fourth-order valence-electron chi connectivity index (χ4n) is 1.83. The van der Waals surface area contributed by atoms with E-state index in [4.69, 9.17) is 4.74 Å². The molecule has 2 aromatic rings. The number of fused-ring (bicyclic) bond motifs is 1. The number of rotatable bonds is 6. The van der Waals surface area contributed by atoms with Gasteiger partial charge in [0.25, 0.3) is 0 Å². The normalized spacial score (nSPS) is 13.1. The lowest BCUT2D eigenvalue weighted by Crippen LogP contribution is -2.12. The monoisotopic (exact) mass is 281 g/mol. The smallest absolute Gasteiger partial charge is 0.145 e. The SMILES string of the molecule is CCS(C)(C)CCOCn1ccc2c(C)ncnc21. The van der Waals surface area contributed by atoms with Crippen LogP contribution in [0.2, 0.25) is 0 Å². The minimum atomic E-state index is -0.470. The molecule has 0 unspecified atom stereocenters. The van der Waals surface area contributed by atoms with Crippen LogP contribution in [0, 0.1) is 6.92 Å². The Bertz CT molecular complexity index is 551. The molecule has 0 spiro atoms. The lowest BCUT2D eigenvalue weighted by atomic mass is 10.3. The van der Waals surface area contributed by atoms with E-state index in [1.807, 2.05) is 17.7 Å². The Hall–Kier alpha value is -1.07. The third-order valence-corrected chi connectivity index (χ3v) is 6.38. The Morgan fingerprint density at radius 3 is 2.84 bits per heavy atom. The molecule has 0 bridgehead atoms. The molecule has 4 nitrogen and oxygen atoms in total. The van der Waals surface area contributed by atoms with Crippen molar-refractivity contribution in [2.75, 3.05) is 30.6 Å². The molecule has 0 fully saturated rings. The number of ether oxygens (including phenoxy) is 1. The van der Waals surface area contributed by atoms with Gasteiger partial charge in [0.2, 0.25) is 0 Å². The maximum Gasteiger partial charge on any atom is 0.145 e. The molecule has 0 aliphatic carbocycles. The quantitative estimate of drug-likeness (QED) is 0.764. The van der Waals surface area contributed by atoms with Gasteiger partial charge in [-0.15, -0.1) is 0 Å². The third kappa shape index (κ3) is 3.48. The van der Waals surface area contributed by atoms with Gasteiger partial charge >= 0.3 is 0 Å². The number of hydrogen-bond acceptors (Lipinski definition) is 3. The van der Waals surface area contributed by atoms with Gasteiger partial charge in [-0.1, -0.05) is 6.92 Å². The van der Waals surface area contributed by atoms with Crippen LogP contribution in [0.5, 0.6) is 0 Å². The van der Waals surface area contributed by atoms with Crippen molar-refractivity contribution in [3.63, 3.8) is 0 Å². The molecule has 0 saturated carbocycles. The fraction of sp³-hybridized carbons (Fsp3) is 0.571. The first-order valence-electron chi connectivity index (χ1n) is 6.56. The molecule has 2 rings (SSSR count). The third-order valence-electron chi connectivity index (χ3n) is 3.55. The van der Waals surface area contributed by atoms with Gasteiger partial charge < -0.3 is 9.30 Å².